The lowest BCUT2D eigenvalue weighted by atomic mass is 9.84. The number of nitro groups is 1. The lowest BCUT2D eigenvalue weighted by Crippen LogP contribution is -2.44. The molecular formula is C14H20N4O3. The predicted octanol–water partition coefficient (Wildman–Crippen LogP) is 1.55. The highest BCUT2D eigenvalue weighted by molar-refractivity contribution is 5.96. The zero-order chi connectivity index (χ0) is 15.4. The summed E-state index contributed by atoms with van der Waals surface area (Å²) < 4.78 is 0. The molecule has 1 aromatic heterocycles. The van der Waals surface area contributed by atoms with Crippen molar-refractivity contribution >= 4 is 11.6 Å². The highest BCUT2D eigenvalue weighted by atomic mass is 16.6. The van der Waals surface area contributed by atoms with Crippen LogP contribution in [0.5, 0.6) is 0 Å². The van der Waals surface area contributed by atoms with Gasteiger partial charge in [-0.2, -0.15) is 0 Å². The summed E-state index contributed by atoms with van der Waals surface area (Å²) in [5.41, 5.74) is 6.31. The SMILES string of the molecule is Cc1ncc([N+](=O)[O-])cc1C(=O)NC1CCCCC1CN. The minimum atomic E-state index is -0.549. The van der Waals surface area contributed by atoms with Crippen LogP contribution in [-0.2, 0) is 0 Å². The number of hydrogen-bond donors (Lipinski definition) is 2. The third kappa shape index (κ3) is 3.55. The predicted molar refractivity (Wildman–Crippen MR) is 77.9 cm³/mol. The fourth-order valence-corrected chi connectivity index (χ4v) is 2.78. The molecule has 21 heavy (non-hydrogen) atoms. The molecule has 2 atom stereocenters. The van der Waals surface area contributed by atoms with Gasteiger partial charge in [0.1, 0.15) is 6.20 Å². The van der Waals surface area contributed by atoms with Gasteiger partial charge < -0.3 is 11.1 Å². The number of nitrogens with one attached hydrogen (secondary N) is 1. The number of carbonyl (C=O) groups excluding carboxylic acids is 1. The van der Waals surface area contributed by atoms with E-state index in [1.54, 1.807) is 6.92 Å². The first kappa shape index (κ1) is 15.4. The van der Waals surface area contributed by atoms with Crippen molar-refractivity contribution in [3.8, 4) is 0 Å². The zero-order valence-electron chi connectivity index (χ0n) is 12.0. The molecule has 1 aliphatic rings. The smallest absolute Gasteiger partial charge is 0.288 e. The Balaban J connectivity index is 2.16. The van der Waals surface area contributed by atoms with Crippen LogP contribution in [0.2, 0.25) is 0 Å². The molecule has 1 saturated carbocycles. The van der Waals surface area contributed by atoms with Gasteiger partial charge in [-0.1, -0.05) is 12.8 Å². The summed E-state index contributed by atoms with van der Waals surface area (Å²) in [4.78, 5) is 26.5. The quantitative estimate of drug-likeness (QED) is 0.646. The Bertz CT molecular complexity index is 547. The first-order valence-electron chi connectivity index (χ1n) is 7.15. The number of nitrogens with zero attached hydrogens (tertiary/aromatic N) is 2. The van der Waals surface area contributed by atoms with E-state index in [0.717, 1.165) is 31.9 Å². The van der Waals surface area contributed by atoms with E-state index in [9.17, 15) is 14.9 Å². The van der Waals surface area contributed by atoms with Crippen molar-refractivity contribution in [1.82, 2.24) is 10.3 Å². The van der Waals surface area contributed by atoms with Gasteiger partial charge in [0.25, 0.3) is 11.6 Å². The standard InChI is InChI=1S/C14H20N4O3/c1-9-12(6-11(8-16-9)18(20)21)14(19)17-13-5-3-2-4-10(13)7-15/h6,8,10,13H,2-5,7,15H2,1H3,(H,17,19). The Morgan fingerprint density at radius 2 is 2.24 bits per heavy atom. The van der Waals surface area contributed by atoms with Crippen molar-refractivity contribution in [2.24, 2.45) is 11.7 Å². The van der Waals surface area contributed by atoms with E-state index in [-0.39, 0.29) is 29.1 Å². The molecule has 0 aromatic carbocycles. The van der Waals surface area contributed by atoms with Gasteiger partial charge in [-0.05, 0) is 32.2 Å². The summed E-state index contributed by atoms with van der Waals surface area (Å²) in [5, 5.41) is 13.8. The Morgan fingerprint density at radius 3 is 2.90 bits per heavy atom. The van der Waals surface area contributed by atoms with Crippen LogP contribution in [0.15, 0.2) is 12.3 Å². The molecule has 1 fully saturated rings. The molecule has 0 aliphatic heterocycles. The molecule has 3 N–H and O–H groups in total. The maximum absolute atomic E-state index is 12.4. The first-order valence-corrected chi connectivity index (χ1v) is 7.15. The van der Waals surface area contributed by atoms with E-state index in [4.69, 9.17) is 5.73 Å². The number of pyridine rings is 1. The summed E-state index contributed by atoms with van der Waals surface area (Å²) in [7, 11) is 0. The van der Waals surface area contributed by atoms with E-state index < -0.39 is 4.92 Å². The second-order valence-electron chi connectivity index (χ2n) is 5.44. The number of hydrogen-bond acceptors (Lipinski definition) is 5. The summed E-state index contributed by atoms with van der Waals surface area (Å²) >= 11 is 0. The molecule has 0 bridgehead atoms. The molecule has 2 unspecified atom stereocenters. The lowest BCUT2D eigenvalue weighted by Gasteiger charge is -2.31. The Labute approximate surface area is 123 Å². The second kappa shape index (κ2) is 6.62. The summed E-state index contributed by atoms with van der Waals surface area (Å²) in [6, 6.07) is 1.31. The lowest BCUT2D eigenvalue weighted by molar-refractivity contribution is -0.385. The van der Waals surface area contributed by atoms with Gasteiger partial charge in [0, 0.05) is 12.1 Å². The highest BCUT2D eigenvalue weighted by Crippen LogP contribution is 2.24. The largest absolute Gasteiger partial charge is 0.349 e. The molecule has 114 valence electrons. The van der Waals surface area contributed by atoms with Gasteiger partial charge in [0.2, 0.25) is 0 Å². The normalized spacial score (nSPS) is 21.8. The van der Waals surface area contributed by atoms with Crippen molar-refractivity contribution < 1.29 is 9.72 Å². The molecule has 0 radical (unpaired) electrons. The Kier molecular flexibility index (Phi) is 4.85. The van der Waals surface area contributed by atoms with Crippen LogP contribution in [0.3, 0.4) is 0 Å². The van der Waals surface area contributed by atoms with Crippen LogP contribution >= 0.6 is 0 Å². The topological polar surface area (TPSA) is 111 Å². The van der Waals surface area contributed by atoms with Gasteiger partial charge in [-0.15, -0.1) is 0 Å². The molecule has 2 rings (SSSR count). The molecule has 1 aromatic rings. The van der Waals surface area contributed by atoms with E-state index in [2.05, 4.69) is 10.3 Å². The second-order valence-corrected chi connectivity index (χ2v) is 5.44. The van der Waals surface area contributed by atoms with Crippen molar-refractivity contribution in [2.75, 3.05) is 6.54 Å². The number of aromatic nitrogens is 1. The average molecular weight is 292 g/mol. The molecule has 0 saturated heterocycles. The zero-order valence-corrected chi connectivity index (χ0v) is 12.0. The Hall–Kier alpha value is -2.02. The number of carbonyl (C=O) groups is 1. The van der Waals surface area contributed by atoms with E-state index >= 15 is 0 Å². The minimum Gasteiger partial charge on any atom is -0.349 e. The fraction of sp³-hybridized carbons (Fsp3) is 0.571. The molecule has 1 amide bonds. The van der Waals surface area contributed by atoms with Crippen LogP contribution < -0.4 is 11.1 Å². The molecular weight excluding hydrogens is 272 g/mol. The number of nitrogens with two attached hydrogens (primary N) is 1. The maximum Gasteiger partial charge on any atom is 0.288 e. The third-order valence-electron chi connectivity index (χ3n) is 4.06. The number of amides is 1. The molecule has 7 nitrogen and oxygen atoms in total. The third-order valence-corrected chi connectivity index (χ3v) is 4.06. The number of rotatable bonds is 4. The fourth-order valence-electron chi connectivity index (χ4n) is 2.78. The van der Waals surface area contributed by atoms with Crippen molar-refractivity contribution in [1.29, 1.82) is 0 Å². The minimum absolute atomic E-state index is 0.0370. The summed E-state index contributed by atoms with van der Waals surface area (Å²) in [6.45, 7) is 2.21. The molecule has 1 aliphatic carbocycles. The molecule has 0 spiro atoms. The summed E-state index contributed by atoms with van der Waals surface area (Å²) in [5.74, 6) is -0.0382. The van der Waals surface area contributed by atoms with Gasteiger partial charge in [0.15, 0.2) is 0 Å². The summed E-state index contributed by atoms with van der Waals surface area (Å²) in [6.07, 6.45) is 5.26. The molecule has 7 heteroatoms. The maximum atomic E-state index is 12.4. The highest BCUT2D eigenvalue weighted by Gasteiger charge is 2.26. The first-order chi connectivity index (χ1) is 10.0. The van der Waals surface area contributed by atoms with E-state index in [1.165, 1.54) is 6.07 Å². The Morgan fingerprint density at radius 1 is 1.52 bits per heavy atom. The van der Waals surface area contributed by atoms with Gasteiger partial charge in [-0.25, -0.2) is 0 Å². The van der Waals surface area contributed by atoms with Crippen LogP contribution in [0, 0.1) is 23.0 Å². The van der Waals surface area contributed by atoms with Crippen LogP contribution in [0.25, 0.3) is 0 Å². The van der Waals surface area contributed by atoms with Gasteiger partial charge in [-0.3, -0.25) is 19.9 Å². The monoisotopic (exact) mass is 292 g/mol. The van der Waals surface area contributed by atoms with Crippen molar-refractivity contribution in [2.45, 2.75) is 38.6 Å². The van der Waals surface area contributed by atoms with Gasteiger partial charge in [0.05, 0.1) is 16.2 Å². The van der Waals surface area contributed by atoms with Crippen LogP contribution in [0.4, 0.5) is 5.69 Å². The van der Waals surface area contributed by atoms with Crippen molar-refractivity contribution in [3.05, 3.63) is 33.6 Å². The van der Waals surface area contributed by atoms with Gasteiger partial charge >= 0.3 is 0 Å². The van der Waals surface area contributed by atoms with E-state index in [1.807, 2.05) is 0 Å². The van der Waals surface area contributed by atoms with Crippen molar-refractivity contribution in [3.63, 3.8) is 0 Å². The average Bonchev–Trinajstić information content (AvgIpc) is 2.47. The van der Waals surface area contributed by atoms with E-state index in [0.29, 0.717) is 12.2 Å². The molecule has 1 heterocycles. The number of aryl methyl sites for hydroxylation is 1. The van der Waals surface area contributed by atoms with Crippen LogP contribution in [-0.4, -0.2) is 28.4 Å². The van der Waals surface area contributed by atoms with Crippen LogP contribution in [0.1, 0.15) is 41.7 Å².